The Labute approximate surface area is 158 Å². The predicted octanol–water partition coefficient (Wildman–Crippen LogP) is 2.39. The first-order chi connectivity index (χ1) is 13.0. The van der Waals surface area contributed by atoms with E-state index >= 15 is 0 Å². The minimum Gasteiger partial charge on any atom is -0.497 e. The lowest BCUT2D eigenvalue weighted by Gasteiger charge is -2.53. The van der Waals surface area contributed by atoms with Gasteiger partial charge in [0, 0.05) is 18.4 Å². The Morgan fingerprint density at radius 3 is 2.33 bits per heavy atom. The summed E-state index contributed by atoms with van der Waals surface area (Å²) in [4.78, 5) is 26.9. The number of nitrogens with one attached hydrogen (secondary N) is 2. The molecule has 0 atom stereocenters. The lowest BCUT2D eigenvalue weighted by Crippen LogP contribution is -2.68. The molecule has 140 valence electrons. The van der Waals surface area contributed by atoms with E-state index in [1.54, 1.807) is 7.11 Å². The van der Waals surface area contributed by atoms with Crippen LogP contribution in [0.3, 0.4) is 0 Å². The first kappa shape index (κ1) is 17.5. The molecule has 0 unspecified atom stereocenters. The summed E-state index contributed by atoms with van der Waals surface area (Å²) < 4.78 is 5.15. The van der Waals surface area contributed by atoms with Gasteiger partial charge in [0.25, 0.3) is 5.91 Å². The van der Waals surface area contributed by atoms with Crippen molar-refractivity contribution in [3.63, 3.8) is 0 Å². The molecule has 2 aromatic rings. The summed E-state index contributed by atoms with van der Waals surface area (Å²) in [6.07, 6.45) is 1.09. The molecule has 27 heavy (non-hydrogen) atoms. The van der Waals surface area contributed by atoms with Crippen LogP contribution < -0.4 is 15.4 Å². The van der Waals surface area contributed by atoms with Gasteiger partial charge < -0.3 is 15.4 Å². The van der Waals surface area contributed by atoms with E-state index in [1.165, 1.54) is 4.90 Å². The molecule has 6 heteroatoms. The maximum Gasteiger partial charge on any atom is 0.325 e. The summed E-state index contributed by atoms with van der Waals surface area (Å²) in [5, 5.41) is 6.30. The molecule has 1 aliphatic heterocycles. The number of hydrogen-bond donors (Lipinski definition) is 2. The Morgan fingerprint density at radius 1 is 1.07 bits per heavy atom. The highest BCUT2D eigenvalue weighted by Crippen LogP contribution is 2.50. The number of carbonyl (C=O) groups is 2. The van der Waals surface area contributed by atoms with Gasteiger partial charge in [-0.2, -0.15) is 0 Å². The third-order valence-electron chi connectivity index (χ3n) is 5.76. The summed E-state index contributed by atoms with van der Waals surface area (Å²) in [5.74, 6) is 0.596. The van der Waals surface area contributed by atoms with Crippen molar-refractivity contribution in [1.82, 2.24) is 15.5 Å². The van der Waals surface area contributed by atoms with Crippen molar-refractivity contribution in [2.24, 2.45) is 0 Å². The second-order valence-corrected chi connectivity index (χ2v) is 7.30. The van der Waals surface area contributed by atoms with Crippen LogP contribution in [0.1, 0.15) is 24.0 Å². The molecule has 1 saturated carbocycles. The quantitative estimate of drug-likeness (QED) is 0.799. The maximum absolute atomic E-state index is 13.1. The van der Waals surface area contributed by atoms with Crippen molar-refractivity contribution >= 4 is 11.9 Å². The molecule has 0 aromatic heterocycles. The summed E-state index contributed by atoms with van der Waals surface area (Å²) in [7, 11) is 3.50. The van der Waals surface area contributed by atoms with Crippen molar-refractivity contribution < 1.29 is 14.3 Å². The average molecular weight is 365 g/mol. The number of benzene rings is 2. The van der Waals surface area contributed by atoms with Crippen LogP contribution in [0.25, 0.3) is 0 Å². The average Bonchev–Trinajstić information content (AvgIpc) is 2.92. The third-order valence-corrected chi connectivity index (χ3v) is 5.76. The topological polar surface area (TPSA) is 70.7 Å². The second-order valence-electron chi connectivity index (χ2n) is 7.30. The smallest absolute Gasteiger partial charge is 0.325 e. The lowest BCUT2D eigenvalue weighted by molar-refractivity contribution is -0.138. The van der Waals surface area contributed by atoms with Crippen molar-refractivity contribution in [3.8, 4) is 5.75 Å². The first-order valence-electron chi connectivity index (χ1n) is 9.03. The molecule has 4 rings (SSSR count). The van der Waals surface area contributed by atoms with Crippen molar-refractivity contribution in [3.05, 3.63) is 65.7 Å². The summed E-state index contributed by atoms with van der Waals surface area (Å²) in [6, 6.07) is 17.1. The second kappa shape index (κ2) is 6.39. The Hall–Kier alpha value is -2.86. The Bertz CT molecular complexity index is 858. The van der Waals surface area contributed by atoms with Gasteiger partial charge in [-0.05, 0) is 30.3 Å². The molecule has 1 saturated heterocycles. The minimum atomic E-state index is -0.817. The Kier molecular flexibility index (Phi) is 4.15. The van der Waals surface area contributed by atoms with Gasteiger partial charge in [-0.15, -0.1) is 0 Å². The zero-order chi connectivity index (χ0) is 19.1. The van der Waals surface area contributed by atoms with Crippen LogP contribution in [0.2, 0.25) is 0 Å². The molecule has 2 fully saturated rings. The van der Waals surface area contributed by atoms with Gasteiger partial charge in [0.05, 0.1) is 13.7 Å². The highest BCUT2D eigenvalue weighted by atomic mass is 16.5. The highest BCUT2D eigenvalue weighted by Gasteiger charge is 2.64. The molecular weight excluding hydrogens is 342 g/mol. The summed E-state index contributed by atoms with van der Waals surface area (Å²) >= 11 is 0. The van der Waals surface area contributed by atoms with Crippen LogP contribution in [0, 0.1) is 0 Å². The highest BCUT2D eigenvalue weighted by molar-refractivity contribution is 6.08. The van der Waals surface area contributed by atoms with E-state index in [1.807, 2.05) is 49.5 Å². The fraction of sp³-hybridized carbons (Fsp3) is 0.333. The monoisotopic (exact) mass is 365 g/mol. The number of imide groups is 1. The largest absolute Gasteiger partial charge is 0.497 e. The number of rotatable bonds is 5. The van der Waals surface area contributed by atoms with Gasteiger partial charge in [-0.1, -0.05) is 42.5 Å². The van der Waals surface area contributed by atoms with E-state index in [4.69, 9.17) is 4.74 Å². The van der Waals surface area contributed by atoms with E-state index in [-0.39, 0.29) is 24.0 Å². The first-order valence-corrected chi connectivity index (χ1v) is 9.03. The van der Waals surface area contributed by atoms with Crippen molar-refractivity contribution in [2.45, 2.75) is 30.5 Å². The van der Waals surface area contributed by atoms with Gasteiger partial charge in [-0.3, -0.25) is 9.69 Å². The van der Waals surface area contributed by atoms with Gasteiger partial charge >= 0.3 is 6.03 Å². The van der Waals surface area contributed by atoms with E-state index in [0.29, 0.717) is 12.8 Å². The molecule has 1 aliphatic carbocycles. The molecule has 3 amide bonds. The molecule has 2 aromatic carbocycles. The molecule has 0 bridgehead atoms. The van der Waals surface area contributed by atoms with Crippen LogP contribution in [0.15, 0.2) is 54.6 Å². The fourth-order valence-electron chi connectivity index (χ4n) is 4.23. The van der Waals surface area contributed by atoms with Crippen LogP contribution >= 0.6 is 0 Å². The lowest BCUT2D eigenvalue weighted by atomic mass is 9.59. The number of methoxy groups -OCH3 is 1. The van der Waals surface area contributed by atoms with E-state index in [2.05, 4.69) is 22.8 Å². The molecule has 6 nitrogen and oxygen atoms in total. The SMILES string of the molecule is CN[C@]1(c2ccccc2)C[C@@]2(C1)NC(=O)N(Cc1ccc(OC)cc1)C2=O. The molecule has 2 aliphatic rings. The number of nitrogens with zero attached hydrogens (tertiary/aromatic N) is 1. The van der Waals surface area contributed by atoms with Gasteiger partial charge in [0.1, 0.15) is 11.3 Å². The number of urea groups is 1. The Morgan fingerprint density at radius 2 is 1.74 bits per heavy atom. The fourth-order valence-corrected chi connectivity index (χ4v) is 4.23. The van der Waals surface area contributed by atoms with Crippen molar-refractivity contribution in [2.75, 3.05) is 14.2 Å². The predicted molar refractivity (Wildman–Crippen MR) is 101 cm³/mol. The third kappa shape index (κ3) is 2.77. The normalized spacial score (nSPS) is 26.8. The van der Waals surface area contributed by atoms with E-state index < -0.39 is 5.54 Å². The number of amides is 3. The van der Waals surface area contributed by atoms with Crippen LogP contribution in [0.4, 0.5) is 4.79 Å². The van der Waals surface area contributed by atoms with Crippen molar-refractivity contribution in [1.29, 1.82) is 0 Å². The van der Waals surface area contributed by atoms with Crippen LogP contribution in [-0.2, 0) is 16.9 Å². The molecule has 1 heterocycles. The standard InChI is InChI=1S/C21H23N3O3/c1-22-20(16-6-4-3-5-7-16)13-21(14-20)18(25)24(19(26)23-21)12-15-8-10-17(27-2)11-9-15/h3-11,22H,12-14H2,1-2H3,(H,23,26)/t20-,21+. The van der Waals surface area contributed by atoms with Gasteiger partial charge in [0.2, 0.25) is 0 Å². The van der Waals surface area contributed by atoms with Gasteiger partial charge in [-0.25, -0.2) is 4.79 Å². The maximum atomic E-state index is 13.1. The van der Waals surface area contributed by atoms with Crippen LogP contribution in [0.5, 0.6) is 5.75 Å². The summed E-state index contributed by atoms with van der Waals surface area (Å²) in [6.45, 7) is 0.258. The molecule has 0 radical (unpaired) electrons. The van der Waals surface area contributed by atoms with E-state index in [9.17, 15) is 9.59 Å². The van der Waals surface area contributed by atoms with Gasteiger partial charge in [0.15, 0.2) is 0 Å². The zero-order valence-corrected chi connectivity index (χ0v) is 15.5. The zero-order valence-electron chi connectivity index (χ0n) is 15.5. The molecule has 2 N–H and O–H groups in total. The van der Waals surface area contributed by atoms with Crippen LogP contribution in [-0.4, -0.2) is 36.5 Å². The molecule has 1 spiro atoms. The Balaban J connectivity index is 1.52. The minimum absolute atomic E-state index is 0.148. The number of hydrogen-bond acceptors (Lipinski definition) is 4. The number of ether oxygens (including phenoxy) is 1. The number of carbonyl (C=O) groups excluding carboxylic acids is 2. The molecular formula is C21H23N3O3. The van der Waals surface area contributed by atoms with E-state index in [0.717, 1.165) is 16.9 Å². The summed E-state index contributed by atoms with van der Waals surface area (Å²) in [5.41, 5.74) is 0.912.